The Balaban J connectivity index is 1.90. The molecule has 2 aromatic rings. The smallest absolute Gasteiger partial charge is 0.379 e. The maximum Gasteiger partial charge on any atom is 0.416 e. The molecule has 11 heteroatoms. The number of benzene rings is 2. The van der Waals surface area contributed by atoms with Gasteiger partial charge in [-0.3, -0.25) is 0 Å². The number of alkyl halides is 3. The van der Waals surface area contributed by atoms with Gasteiger partial charge in [-0.25, -0.2) is 17.9 Å². The lowest BCUT2D eigenvalue weighted by atomic mass is 9.78. The molecule has 1 fully saturated rings. The normalized spacial score (nSPS) is 22.2. The summed E-state index contributed by atoms with van der Waals surface area (Å²) < 4.78 is 76.8. The molecule has 32 heavy (non-hydrogen) atoms. The first kappa shape index (κ1) is 24.8. The third kappa shape index (κ3) is 5.54. The largest absolute Gasteiger partial charge is 0.416 e. The minimum atomic E-state index is -4.43. The van der Waals surface area contributed by atoms with E-state index >= 15 is 0 Å². The van der Waals surface area contributed by atoms with Gasteiger partial charge in [-0.05, 0) is 63.0 Å². The average Bonchev–Trinajstić information content (AvgIpc) is 2.69. The summed E-state index contributed by atoms with van der Waals surface area (Å²) in [5, 5.41) is 8.17. The maximum absolute atomic E-state index is 14.4. The molecule has 0 heterocycles. The van der Waals surface area contributed by atoms with E-state index in [0.29, 0.717) is 24.8 Å². The average molecular weight is 494 g/mol. The van der Waals surface area contributed by atoms with Crippen LogP contribution in [0.3, 0.4) is 0 Å². The van der Waals surface area contributed by atoms with Crippen molar-refractivity contribution in [2.45, 2.75) is 48.3 Å². The van der Waals surface area contributed by atoms with Crippen molar-refractivity contribution in [2.75, 3.05) is 19.4 Å². The number of nitrogens with one attached hydrogen (secondary N) is 1. The number of anilines is 1. The van der Waals surface area contributed by atoms with E-state index in [1.54, 1.807) is 6.07 Å². The van der Waals surface area contributed by atoms with E-state index in [-0.39, 0.29) is 28.7 Å². The van der Waals surface area contributed by atoms with Crippen LogP contribution in [0.5, 0.6) is 0 Å². The molecule has 0 amide bonds. The van der Waals surface area contributed by atoms with Gasteiger partial charge < -0.3 is 10.2 Å². The van der Waals surface area contributed by atoms with Crippen LogP contribution in [0.4, 0.5) is 23.2 Å². The highest BCUT2D eigenvalue weighted by Crippen LogP contribution is 2.39. The number of sulfonamides is 1. The second kappa shape index (κ2) is 9.17. The number of hydrogen-bond donors (Lipinski definition) is 2. The van der Waals surface area contributed by atoms with Crippen LogP contribution in [0.15, 0.2) is 41.3 Å². The summed E-state index contributed by atoms with van der Waals surface area (Å²) in [7, 11) is -0.508. The van der Waals surface area contributed by atoms with Crippen molar-refractivity contribution in [1.29, 1.82) is 0 Å². The molecule has 1 aliphatic carbocycles. The van der Waals surface area contributed by atoms with Crippen molar-refractivity contribution in [2.24, 2.45) is 5.14 Å². The Morgan fingerprint density at radius 1 is 1.16 bits per heavy atom. The van der Waals surface area contributed by atoms with E-state index in [9.17, 15) is 26.0 Å². The second-order valence-electron chi connectivity index (χ2n) is 8.22. The van der Waals surface area contributed by atoms with E-state index in [1.165, 1.54) is 12.1 Å². The van der Waals surface area contributed by atoms with Crippen molar-refractivity contribution in [1.82, 2.24) is 4.90 Å². The van der Waals surface area contributed by atoms with Gasteiger partial charge >= 0.3 is 6.18 Å². The van der Waals surface area contributed by atoms with Crippen LogP contribution in [-0.4, -0.2) is 39.5 Å². The first-order chi connectivity index (χ1) is 14.8. The Morgan fingerprint density at radius 2 is 1.84 bits per heavy atom. The fourth-order valence-electron chi connectivity index (χ4n) is 4.26. The minimum Gasteiger partial charge on any atom is -0.379 e. The van der Waals surface area contributed by atoms with Crippen molar-refractivity contribution >= 4 is 27.3 Å². The third-order valence-electron chi connectivity index (χ3n) is 5.83. The molecule has 3 rings (SSSR count). The predicted octanol–water partition coefficient (Wildman–Crippen LogP) is 4.82. The SMILES string of the molecule is CN(C)[C@H]1CC[C@@H](c2cccc(C(F)(F)F)c2)C[C@@H]1Nc1cc(F)c(S(N)(=O)=O)cc1Cl. The monoisotopic (exact) mass is 493 g/mol. The number of nitrogens with zero attached hydrogens (tertiary/aromatic N) is 1. The highest BCUT2D eigenvalue weighted by molar-refractivity contribution is 7.89. The zero-order valence-electron chi connectivity index (χ0n) is 17.5. The summed E-state index contributed by atoms with van der Waals surface area (Å²) >= 11 is 6.19. The lowest BCUT2D eigenvalue weighted by Crippen LogP contribution is -2.47. The third-order valence-corrected chi connectivity index (χ3v) is 7.07. The molecule has 3 atom stereocenters. The zero-order chi connectivity index (χ0) is 23.8. The number of primary sulfonamides is 1. The number of hydrogen-bond acceptors (Lipinski definition) is 4. The number of nitrogens with two attached hydrogens (primary N) is 1. The van der Waals surface area contributed by atoms with Gasteiger partial charge in [0.15, 0.2) is 0 Å². The van der Waals surface area contributed by atoms with Crippen LogP contribution >= 0.6 is 11.6 Å². The molecule has 1 aliphatic rings. The Morgan fingerprint density at radius 3 is 2.44 bits per heavy atom. The fourth-order valence-corrected chi connectivity index (χ4v) is 5.15. The Hall–Kier alpha value is -1.88. The van der Waals surface area contributed by atoms with Crippen LogP contribution in [0, 0.1) is 5.82 Å². The van der Waals surface area contributed by atoms with E-state index in [4.69, 9.17) is 16.7 Å². The molecule has 3 N–H and O–H groups in total. The molecule has 0 aromatic heterocycles. The Bertz CT molecular complexity index is 1090. The topological polar surface area (TPSA) is 75.4 Å². The van der Waals surface area contributed by atoms with Crippen molar-refractivity contribution in [3.8, 4) is 0 Å². The lowest BCUT2D eigenvalue weighted by molar-refractivity contribution is -0.137. The highest BCUT2D eigenvalue weighted by atomic mass is 35.5. The molecule has 176 valence electrons. The van der Waals surface area contributed by atoms with E-state index < -0.39 is 32.5 Å². The van der Waals surface area contributed by atoms with Crippen molar-refractivity contribution < 1.29 is 26.0 Å². The van der Waals surface area contributed by atoms with Gasteiger partial charge in [-0.2, -0.15) is 13.2 Å². The van der Waals surface area contributed by atoms with Gasteiger partial charge in [-0.15, -0.1) is 0 Å². The molecule has 2 aromatic carbocycles. The summed E-state index contributed by atoms with van der Waals surface area (Å²) in [6.07, 6.45) is -2.56. The van der Waals surface area contributed by atoms with Gasteiger partial charge in [-0.1, -0.05) is 29.8 Å². The van der Waals surface area contributed by atoms with E-state index in [2.05, 4.69) is 5.32 Å². The molecular weight excluding hydrogens is 470 g/mol. The van der Waals surface area contributed by atoms with Crippen molar-refractivity contribution in [3.05, 3.63) is 58.4 Å². The van der Waals surface area contributed by atoms with Gasteiger partial charge in [0, 0.05) is 12.1 Å². The molecular formula is C21H24ClF4N3O2S. The maximum atomic E-state index is 14.4. The predicted molar refractivity (Wildman–Crippen MR) is 116 cm³/mol. The summed E-state index contributed by atoms with van der Waals surface area (Å²) in [5.74, 6) is -1.18. The molecule has 0 radical (unpaired) electrons. The van der Waals surface area contributed by atoms with E-state index in [1.807, 2.05) is 19.0 Å². The standard InChI is InChI=1S/C21H24ClF4N3O2S/c1-29(2)19-7-6-13(12-4-3-5-14(8-12)21(24,25)26)9-18(19)28-17-11-16(23)20(10-15(17)22)32(27,30)31/h3-5,8,10-11,13,18-19,28H,6-7,9H2,1-2H3,(H2,27,30,31)/t13-,18+,19+/m1/s1. The zero-order valence-corrected chi connectivity index (χ0v) is 19.0. The number of rotatable bonds is 5. The van der Waals surface area contributed by atoms with Crippen LogP contribution in [-0.2, 0) is 16.2 Å². The highest BCUT2D eigenvalue weighted by Gasteiger charge is 2.35. The molecule has 0 aliphatic heterocycles. The van der Waals surface area contributed by atoms with Crippen LogP contribution < -0.4 is 10.5 Å². The minimum absolute atomic E-state index is 0.00842. The van der Waals surface area contributed by atoms with Gasteiger partial charge in [0.1, 0.15) is 10.7 Å². The van der Waals surface area contributed by atoms with Gasteiger partial charge in [0.2, 0.25) is 10.0 Å². The fraction of sp³-hybridized carbons (Fsp3) is 0.429. The molecule has 0 bridgehead atoms. The van der Waals surface area contributed by atoms with Crippen molar-refractivity contribution in [3.63, 3.8) is 0 Å². The van der Waals surface area contributed by atoms with Gasteiger partial charge in [0.25, 0.3) is 0 Å². The first-order valence-corrected chi connectivity index (χ1v) is 11.8. The second-order valence-corrected chi connectivity index (χ2v) is 10.2. The van der Waals surface area contributed by atoms with Gasteiger partial charge in [0.05, 0.1) is 16.3 Å². The Labute approximate surface area is 189 Å². The number of likely N-dealkylation sites (N-methyl/N-ethyl adjacent to an activating group) is 1. The summed E-state index contributed by atoms with van der Waals surface area (Å²) in [6.45, 7) is 0. The van der Waals surface area contributed by atoms with E-state index in [0.717, 1.165) is 18.2 Å². The lowest BCUT2D eigenvalue weighted by Gasteiger charge is -2.41. The summed E-state index contributed by atoms with van der Waals surface area (Å²) in [6, 6.07) is 6.96. The van der Waals surface area contributed by atoms with Crippen LogP contribution in [0.2, 0.25) is 5.02 Å². The number of halogens is 5. The van der Waals surface area contributed by atoms with Crippen LogP contribution in [0.1, 0.15) is 36.3 Å². The molecule has 0 saturated heterocycles. The quantitative estimate of drug-likeness (QED) is 0.585. The molecule has 1 saturated carbocycles. The Kier molecular flexibility index (Phi) is 7.09. The first-order valence-electron chi connectivity index (χ1n) is 9.89. The molecule has 5 nitrogen and oxygen atoms in total. The summed E-state index contributed by atoms with van der Waals surface area (Å²) in [4.78, 5) is 1.28. The summed E-state index contributed by atoms with van der Waals surface area (Å²) in [5.41, 5.74) is 0.0849. The van der Waals surface area contributed by atoms with Crippen LogP contribution in [0.25, 0.3) is 0 Å². The molecule has 0 unspecified atom stereocenters. The molecule has 0 spiro atoms.